The third-order valence-corrected chi connectivity index (χ3v) is 5.55. The number of nitrogens with one attached hydrogen (secondary N) is 1. The van der Waals surface area contributed by atoms with Gasteiger partial charge in [-0.15, -0.1) is 11.3 Å². The van der Waals surface area contributed by atoms with Gasteiger partial charge in [-0.2, -0.15) is 0 Å². The van der Waals surface area contributed by atoms with Gasteiger partial charge in [0.15, 0.2) is 0 Å². The molecule has 0 saturated carbocycles. The average molecular weight is 317 g/mol. The van der Waals surface area contributed by atoms with Crippen LogP contribution in [0, 0.1) is 13.8 Å². The number of pyridine rings is 1. The van der Waals surface area contributed by atoms with Gasteiger partial charge < -0.3 is 10.1 Å². The molecule has 1 aliphatic heterocycles. The van der Waals surface area contributed by atoms with Gasteiger partial charge in [-0.05, 0) is 19.4 Å². The summed E-state index contributed by atoms with van der Waals surface area (Å²) >= 11 is 14.4. The Labute approximate surface area is 125 Å². The van der Waals surface area contributed by atoms with Gasteiger partial charge in [0.1, 0.15) is 4.83 Å². The van der Waals surface area contributed by atoms with Gasteiger partial charge >= 0.3 is 0 Å². The third kappa shape index (κ3) is 2.36. The second-order valence-corrected chi connectivity index (χ2v) is 6.61. The van der Waals surface area contributed by atoms with Crippen molar-refractivity contribution in [3.8, 4) is 0 Å². The molecule has 0 spiro atoms. The van der Waals surface area contributed by atoms with Crippen molar-refractivity contribution in [2.75, 3.05) is 13.2 Å². The van der Waals surface area contributed by atoms with Gasteiger partial charge in [-0.25, -0.2) is 4.98 Å². The Kier molecular flexibility index (Phi) is 3.71. The highest BCUT2D eigenvalue weighted by atomic mass is 35.5. The lowest BCUT2D eigenvalue weighted by Crippen LogP contribution is -2.45. The Balaban J connectivity index is 1.97. The number of fused-ring (bicyclic) bond motifs is 1. The van der Waals surface area contributed by atoms with Crippen LogP contribution in [0.2, 0.25) is 10.0 Å². The first-order valence-corrected chi connectivity index (χ1v) is 7.70. The van der Waals surface area contributed by atoms with E-state index in [4.69, 9.17) is 27.9 Å². The highest BCUT2D eigenvalue weighted by Crippen LogP contribution is 2.39. The zero-order chi connectivity index (χ0) is 13.6. The molecule has 3 rings (SSSR count). The molecule has 1 N–H and O–H groups in total. The number of thiophene rings is 1. The van der Waals surface area contributed by atoms with Gasteiger partial charge in [0, 0.05) is 16.8 Å². The van der Waals surface area contributed by atoms with Crippen LogP contribution in [0.4, 0.5) is 0 Å². The minimum Gasteiger partial charge on any atom is -0.378 e. The number of ether oxygens (including phenoxy) is 1. The summed E-state index contributed by atoms with van der Waals surface area (Å²) in [6.07, 6.45) is 0. The summed E-state index contributed by atoms with van der Waals surface area (Å²) in [5, 5.41) is 5.90. The smallest absolute Gasteiger partial charge is 0.125 e. The van der Waals surface area contributed by atoms with Crippen molar-refractivity contribution in [1.29, 1.82) is 0 Å². The summed E-state index contributed by atoms with van der Waals surface area (Å²) in [5.74, 6) is 0. The molecule has 0 bridgehead atoms. The van der Waals surface area contributed by atoms with Crippen molar-refractivity contribution < 1.29 is 4.74 Å². The van der Waals surface area contributed by atoms with E-state index in [2.05, 4.69) is 10.3 Å². The number of nitrogens with zero attached hydrogens (tertiary/aromatic N) is 1. The maximum atomic E-state index is 6.47. The maximum Gasteiger partial charge on any atom is 0.125 e. The summed E-state index contributed by atoms with van der Waals surface area (Å²) in [5.41, 5.74) is 1.88. The molecule has 6 heteroatoms. The van der Waals surface area contributed by atoms with Crippen molar-refractivity contribution >= 4 is 44.8 Å². The fraction of sp³-hybridized carbons (Fsp3) is 0.462. The molecule has 0 aromatic carbocycles. The topological polar surface area (TPSA) is 34.2 Å². The molecule has 0 amide bonds. The van der Waals surface area contributed by atoms with E-state index in [1.807, 2.05) is 13.8 Å². The van der Waals surface area contributed by atoms with Crippen molar-refractivity contribution in [3.05, 3.63) is 26.2 Å². The summed E-state index contributed by atoms with van der Waals surface area (Å²) in [6.45, 7) is 6.24. The lowest BCUT2D eigenvalue weighted by atomic mass is 10.1. The Morgan fingerprint density at radius 1 is 1.32 bits per heavy atom. The SMILES string of the molecule is Cc1nc2sc(CNC3COC3)c(Cl)c2c(C)c1Cl. The van der Waals surface area contributed by atoms with E-state index in [0.29, 0.717) is 11.1 Å². The lowest BCUT2D eigenvalue weighted by molar-refractivity contribution is -0.00567. The summed E-state index contributed by atoms with van der Waals surface area (Å²) < 4.78 is 5.14. The predicted octanol–water partition coefficient (Wildman–Crippen LogP) is 3.71. The molecule has 0 unspecified atom stereocenters. The predicted molar refractivity (Wildman–Crippen MR) is 80.6 cm³/mol. The van der Waals surface area contributed by atoms with E-state index in [-0.39, 0.29) is 0 Å². The minimum absolute atomic E-state index is 0.445. The summed E-state index contributed by atoms with van der Waals surface area (Å²) in [7, 11) is 0. The maximum absolute atomic E-state index is 6.47. The van der Waals surface area contributed by atoms with Crippen LogP contribution in [-0.2, 0) is 11.3 Å². The third-order valence-electron chi connectivity index (χ3n) is 3.38. The lowest BCUT2D eigenvalue weighted by Gasteiger charge is -2.26. The molecule has 1 aliphatic rings. The number of halogens is 2. The standard InChI is InChI=1S/C13H14Cl2N2OS/c1-6-10-12(15)9(3-16-8-4-18-5-8)19-13(10)17-7(2)11(6)14/h8,16H,3-5H2,1-2H3. The van der Waals surface area contributed by atoms with Crippen LogP contribution in [0.15, 0.2) is 0 Å². The normalized spacial score (nSPS) is 16.0. The van der Waals surface area contributed by atoms with Crippen molar-refractivity contribution in [2.45, 2.75) is 26.4 Å². The van der Waals surface area contributed by atoms with E-state index in [1.54, 1.807) is 11.3 Å². The van der Waals surface area contributed by atoms with E-state index in [1.165, 1.54) is 0 Å². The second-order valence-electron chi connectivity index (χ2n) is 4.77. The molecule has 1 saturated heterocycles. The molecule has 0 radical (unpaired) electrons. The van der Waals surface area contributed by atoms with Crippen LogP contribution in [-0.4, -0.2) is 24.2 Å². The molecule has 0 aliphatic carbocycles. The molecule has 3 nitrogen and oxygen atoms in total. The Morgan fingerprint density at radius 2 is 2.05 bits per heavy atom. The minimum atomic E-state index is 0.445. The number of aryl methyl sites for hydroxylation is 2. The van der Waals surface area contributed by atoms with Gasteiger partial charge in [0.05, 0.1) is 35.0 Å². The van der Waals surface area contributed by atoms with Crippen LogP contribution in [0.25, 0.3) is 10.2 Å². The van der Waals surface area contributed by atoms with Crippen LogP contribution >= 0.6 is 34.5 Å². The van der Waals surface area contributed by atoms with E-state index >= 15 is 0 Å². The summed E-state index contributed by atoms with van der Waals surface area (Å²) in [4.78, 5) is 6.60. The van der Waals surface area contributed by atoms with Crippen molar-refractivity contribution in [1.82, 2.24) is 10.3 Å². The Hall–Kier alpha value is -0.390. The molecule has 3 heterocycles. The van der Waals surface area contributed by atoms with Gasteiger partial charge in [-0.1, -0.05) is 23.2 Å². The van der Waals surface area contributed by atoms with Crippen molar-refractivity contribution in [3.63, 3.8) is 0 Å². The van der Waals surface area contributed by atoms with E-state index in [9.17, 15) is 0 Å². The van der Waals surface area contributed by atoms with Crippen LogP contribution in [0.5, 0.6) is 0 Å². The monoisotopic (exact) mass is 316 g/mol. The molecule has 1 fully saturated rings. The number of aromatic nitrogens is 1. The summed E-state index contributed by atoms with van der Waals surface area (Å²) in [6, 6.07) is 0.445. The number of hydrogen-bond donors (Lipinski definition) is 1. The number of rotatable bonds is 3. The number of hydrogen-bond acceptors (Lipinski definition) is 4. The molecule has 2 aromatic rings. The van der Waals surface area contributed by atoms with Crippen LogP contribution in [0.1, 0.15) is 16.1 Å². The largest absolute Gasteiger partial charge is 0.378 e. The molecule has 102 valence electrons. The first-order valence-electron chi connectivity index (χ1n) is 6.12. The Bertz CT molecular complexity index is 637. The quantitative estimate of drug-likeness (QED) is 0.937. The second kappa shape index (κ2) is 5.19. The van der Waals surface area contributed by atoms with E-state index < -0.39 is 0 Å². The molecule has 0 atom stereocenters. The van der Waals surface area contributed by atoms with Crippen LogP contribution < -0.4 is 5.32 Å². The molecular formula is C13H14Cl2N2OS. The van der Waals surface area contributed by atoms with Gasteiger partial charge in [0.25, 0.3) is 0 Å². The van der Waals surface area contributed by atoms with Crippen LogP contribution in [0.3, 0.4) is 0 Å². The first-order chi connectivity index (χ1) is 9.08. The molecule has 2 aromatic heterocycles. The van der Waals surface area contributed by atoms with Gasteiger partial charge in [0.2, 0.25) is 0 Å². The fourth-order valence-corrected chi connectivity index (χ4v) is 3.86. The zero-order valence-corrected chi connectivity index (χ0v) is 13.0. The highest BCUT2D eigenvalue weighted by Gasteiger charge is 2.20. The first kappa shape index (κ1) is 13.6. The molecule has 19 heavy (non-hydrogen) atoms. The van der Waals surface area contributed by atoms with Gasteiger partial charge in [-0.3, -0.25) is 0 Å². The highest BCUT2D eigenvalue weighted by molar-refractivity contribution is 7.19. The van der Waals surface area contributed by atoms with E-state index in [0.717, 1.165) is 51.1 Å². The Morgan fingerprint density at radius 3 is 2.68 bits per heavy atom. The molecular weight excluding hydrogens is 303 g/mol. The fourth-order valence-electron chi connectivity index (χ4n) is 2.14. The zero-order valence-electron chi connectivity index (χ0n) is 10.7. The average Bonchev–Trinajstić information content (AvgIpc) is 2.61. The van der Waals surface area contributed by atoms with Crippen molar-refractivity contribution in [2.24, 2.45) is 0 Å².